The van der Waals surface area contributed by atoms with E-state index in [9.17, 15) is 4.79 Å². The first kappa shape index (κ1) is 14.0. The van der Waals surface area contributed by atoms with E-state index in [0.29, 0.717) is 12.5 Å². The van der Waals surface area contributed by atoms with Gasteiger partial charge in [-0.1, -0.05) is 19.9 Å². The van der Waals surface area contributed by atoms with E-state index in [2.05, 4.69) is 24.1 Å². The van der Waals surface area contributed by atoms with Gasteiger partial charge in [-0.25, -0.2) is 4.79 Å². The van der Waals surface area contributed by atoms with Crippen LogP contribution in [0.1, 0.15) is 13.8 Å². The van der Waals surface area contributed by atoms with Crippen LogP contribution < -0.4 is 5.32 Å². The molecule has 5 nitrogen and oxygen atoms in total. The molecule has 1 aliphatic heterocycles. The predicted molar refractivity (Wildman–Crippen MR) is 67.6 cm³/mol. The van der Waals surface area contributed by atoms with Crippen LogP contribution in [0.25, 0.3) is 0 Å². The molecule has 0 spiro atoms. The Hall–Kier alpha value is -1.07. The number of rotatable bonds is 4. The molecule has 2 amide bonds. The van der Waals surface area contributed by atoms with Gasteiger partial charge in [0.15, 0.2) is 0 Å². The van der Waals surface area contributed by atoms with E-state index >= 15 is 0 Å². The topological polar surface area (TPSA) is 55.8 Å². The van der Waals surface area contributed by atoms with Crippen molar-refractivity contribution in [2.24, 2.45) is 5.92 Å². The molecule has 0 bridgehead atoms. The Bertz CT molecular complexity index is 258. The molecule has 0 aromatic rings. The first-order valence-electron chi connectivity index (χ1n) is 6.19. The summed E-state index contributed by atoms with van der Waals surface area (Å²) >= 11 is 0. The summed E-state index contributed by atoms with van der Waals surface area (Å²) in [7, 11) is 0. The van der Waals surface area contributed by atoms with Gasteiger partial charge in [0.1, 0.15) is 0 Å². The highest BCUT2D eigenvalue weighted by Crippen LogP contribution is 2.01. The summed E-state index contributed by atoms with van der Waals surface area (Å²) in [5, 5.41) is 11.6. The number of carbonyl (C=O) groups excluding carboxylic acids is 1. The Morgan fingerprint density at radius 3 is 2.53 bits per heavy atom. The van der Waals surface area contributed by atoms with Crippen LogP contribution in [-0.2, 0) is 0 Å². The number of piperazine rings is 1. The molecular weight excluding hydrogens is 218 g/mol. The number of carbonyl (C=O) groups is 1. The van der Waals surface area contributed by atoms with E-state index in [4.69, 9.17) is 5.11 Å². The van der Waals surface area contributed by atoms with E-state index < -0.39 is 0 Å². The van der Waals surface area contributed by atoms with Gasteiger partial charge < -0.3 is 15.3 Å². The number of hydrogen-bond acceptors (Lipinski definition) is 3. The van der Waals surface area contributed by atoms with E-state index in [-0.39, 0.29) is 12.6 Å². The fraction of sp³-hybridized carbons (Fsp3) is 0.750. The monoisotopic (exact) mass is 241 g/mol. The largest absolute Gasteiger partial charge is 0.395 e. The number of hydrogen-bond donors (Lipinski definition) is 2. The summed E-state index contributed by atoms with van der Waals surface area (Å²) in [4.78, 5) is 15.7. The van der Waals surface area contributed by atoms with Crippen LogP contribution >= 0.6 is 0 Å². The molecule has 0 aliphatic carbocycles. The van der Waals surface area contributed by atoms with Crippen molar-refractivity contribution in [3.63, 3.8) is 0 Å². The van der Waals surface area contributed by atoms with Crippen molar-refractivity contribution in [2.75, 3.05) is 39.3 Å². The van der Waals surface area contributed by atoms with Crippen LogP contribution in [0.5, 0.6) is 0 Å². The highest BCUT2D eigenvalue weighted by Gasteiger charge is 2.19. The summed E-state index contributed by atoms with van der Waals surface area (Å²) < 4.78 is 0. The van der Waals surface area contributed by atoms with Gasteiger partial charge in [-0.2, -0.15) is 0 Å². The third kappa shape index (κ3) is 5.19. The molecule has 0 aromatic carbocycles. The molecule has 0 saturated carbocycles. The minimum atomic E-state index is -0.0365. The first-order valence-corrected chi connectivity index (χ1v) is 6.19. The standard InChI is InChI=1S/C12H23N3O2/c1-11(2)3-4-13-12(17)15-7-5-14(6-8-15)9-10-16/h3-4,11,16H,5-10H2,1-2H3,(H,13,17)/b4-3+. The van der Waals surface area contributed by atoms with Gasteiger partial charge in [0, 0.05) is 38.9 Å². The lowest BCUT2D eigenvalue weighted by Crippen LogP contribution is -2.51. The van der Waals surface area contributed by atoms with E-state index in [1.807, 2.05) is 6.08 Å². The fourth-order valence-corrected chi connectivity index (χ4v) is 1.72. The number of urea groups is 1. The van der Waals surface area contributed by atoms with Crippen LogP contribution in [-0.4, -0.2) is 60.3 Å². The third-order valence-electron chi connectivity index (χ3n) is 2.76. The Morgan fingerprint density at radius 1 is 1.35 bits per heavy atom. The highest BCUT2D eigenvalue weighted by molar-refractivity contribution is 5.75. The molecule has 0 aromatic heterocycles. The van der Waals surface area contributed by atoms with Gasteiger partial charge in [-0.15, -0.1) is 0 Å². The van der Waals surface area contributed by atoms with Crippen molar-refractivity contribution in [3.05, 3.63) is 12.3 Å². The zero-order chi connectivity index (χ0) is 12.7. The second-order valence-corrected chi connectivity index (χ2v) is 4.60. The number of allylic oxidation sites excluding steroid dienone is 1. The van der Waals surface area contributed by atoms with Crippen LogP contribution in [0.3, 0.4) is 0 Å². The molecule has 1 heterocycles. The summed E-state index contributed by atoms with van der Waals surface area (Å²) in [5.74, 6) is 0.441. The smallest absolute Gasteiger partial charge is 0.321 e. The average molecular weight is 241 g/mol. The van der Waals surface area contributed by atoms with Crippen molar-refractivity contribution in [2.45, 2.75) is 13.8 Å². The lowest BCUT2D eigenvalue weighted by molar-refractivity contribution is 0.123. The Morgan fingerprint density at radius 2 is 2.00 bits per heavy atom. The van der Waals surface area contributed by atoms with Crippen LogP contribution in [0.4, 0.5) is 4.79 Å². The summed E-state index contributed by atoms with van der Waals surface area (Å²) in [6.07, 6.45) is 3.67. The second-order valence-electron chi connectivity index (χ2n) is 4.60. The molecule has 1 aliphatic rings. The predicted octanol–water partition coefficient (Wildman–Crippen LogP) is 0.476. The lowest BCUT2D eigenvalue weighted by Gasteiger charge is -2.34. The lowest BCUT2D eigenvalue weighted by atomic mass is 10.2. The van der Waals surface area contributed by atoms with Gasteiger partial charge in [0.25, 0.3) is 0 Å². The molecule has 0 atom stereocenters. The van der Waals surface area contributed by atoms with Crippen molar-refractivity contribution in [1.29, 1.82) is 0 Å². The molecule has 1 saturated heterocycles. The van der Waals surface area contributed by atoms with Crippen molar-refractivity contribution < 1.29 is 9.90 Å². The fourth-order valence-electron chi connectivity index (χ4n) is 1.72. The third-order valence-corrected chi connectivity index (χ3v) is 2.76. The minimum Gasteiger partial charge on any atom is -0.395 e. The Labute approximate surface area is 103 Å². The van der Waals surface area contributed by atoms with Gasteiger partial charge in [-0.3, -0.25) is 4.90 Å². The van der Waals surface area contributed by atoms with Crippen molar-refractivity contribution in [1.82, 2.24) is 15.1 Å². The Kier molecular flexibility index (Phi) is 6.00. The Balaban J connectivity index is 2.26. The zero-order valence-corrected chi connectivity index (χ0v) is 10.7. The van der Waals surface area contributed by atoms with E-state index in [0.717, 1.165) is 26.2 Å². The van der Waals surface area contributed by atoms with Gasteiger partial charge in [0.05, 0.1) is 6.61 Å². The van der Waals surface area contributed by atoms with E-state index in [1.165, 1.54) is 0 Å². The van der Waals surface area contributed by atoms with E-state index in [1.54, 1.807) is 11.1 Å². The maximum Gasteiger partial charge on any atom is 0.321 e. The summed E-state index contributed by atoms with van der Waals surface area (Å²) in [6.45, 7) is 8.13. The van der Waals surface area contributed by atoms with Crippen molar-refractivity contribution in [3.8, 4) is 0 Å². The number of β-amino-alcohol motifs (C(OH)–C–C–N with tert-alkyl or cyclic N) is 1. The maximum atomic E-state index is 11.7. The normalized spacial score (nSPS) is 18.0. The molecule has 0 radical (unpaired) electrons. The number of aliphatic hydroxyl groups is 1. The SMILES string of the molecule is CC(C)/C=C/NC(=O)N1CCN(CCO)CC1. The molecular formula is C12H23N3O2. The number of amides is 2. The van der Waals surface area contributed by atoms with Gasteiger partial charge in [-0.05, 0) is 5.92 Å². The summed E-state index contributed by atoms with van der Waals surface area (Å²) in [5.41, 5.74) is 0. The minimum absolute atomic E-state index is 0.0365. The van der Waals surface area contributed by atoms with Gasteiger partial charge >= 0.3 is 6.03 Å². The molecule has 1 fully saturated rings. The van der Waals surface area contributed by atoms with Crippen LogP contribution in [0.15, 0.2) is 12.3 Å². The first-order chi connectivity index (χ1) is 8.13. The zero-order valence-electron chi connectivity index (χ0n) is 10.7. The molecule has 98 valence electrons. The van der Waals surface area contributed by atoms with Gasteiger partial charge in [0.2, 0.25) is 0 Å². The average Bonchev–Trinajstić information content (AvgIpc) is 2.30. The molecule has 17 heavy (non-hydrogen) atoms. The molecule has 2 N–H and O–H groups in total. The number of nitrogens with zero attached hydrogens (tertiary/aromatic N) is 2. The number of nitrogens with one attached hydrogen (secondary N) is 1. The highest BCUT2D eigenvalue weighted by atomic mass is 16.3. The molecule has 5 heteroatoms. The molecule has 0 unspecified atom stereocenters. The number of aliphatic hydroxyl groups excluding tert-OH is 1. The van der Waals surface area contributed by atoms with Crippen LogP contribution in [0.2, 0.25) is 0 Å². The van der Waals surface area contributed by atoms with Crippen LogP contribution in [0, 0.1) is 5.92 Å². The molecule has 1 rings (SSSR count). The summed E-state index contributed by atoms with van der Waals surface area (Å²) in [6, 6.07) is -0.0365. The maximum absolute atomic E-state index is 11.7. The van der Waals surface area contributed by atoms with Crippen molar-refractivity contribution >= 4 is 6.03 Å². The second kappa shape index (κ2) is 7.29. The quantitative estimate of drug-likeness (QED) is 0.752.